The fourth-order valence-corrected chi connectivity index (χ4v) is 3.37. The quantitative estimate of drug-likeness (QED) is 0.903. The first-order chi connectivity index (χ1) is 8.82. The largest absolute Gasteiger partial charge is 0.478 e. The molecule has 0 radical (unpaired) electrons. The van der Waals surface area contributed by atoms with Crippen LogP contribution in [0.2, 0.25) is 5.02 Å². The van der Waals surface area contributed by atoms with E-state index in [-0.39, 0.29) is 15.5 Å². The average Bonchev–Trinajstić information content (AvgIpc) is 3.12. The second-order valence-corrected chi connectivity index (χ2v) is 7.13. The van der Waals surface area contributed by atoms with Crippen molar-refractivity contribution in [1.82, 2.24) is 4.31 Å². The number of carboxylic acids is 1. The zero-order chi connectivity index (χ0) is 14.2. The van der Waals surface area contributed by atoms with Crippen LogP contribution in [0.5, 0.6) is 0 Å². The van der Waals surface area contributed by atoms with E-state index in [2.05, 4.69) is 0 Å². The molecule has 1 aromatic rings. The van der Waals surface area contributed by atoms with Gasteiger partial charge in [0, 0.05) is 13.6 Å². The Morgan fingerprint density at radius 1 is 1.47 bits per heavy atom. The van der Waals surface area contributed by atoms with Gasteiger partial charge in [0.05, 0.1) is 15.5 Å². The maximum atomic E-state index is 12.2. The van der Waals surface area contributed by atoms with E-state index in [1.54, 1.807) is 0 Å². The van der Waals surface area contributed by atoms with Gasteiger partial charge in [-0.1, -0.05) is 11.6 Å². The lowest BCUT2D eigenvalue weighted by Crippen LogP contribution is -2.29. The summed E-state index contributed by atoms with van der Waals surface area (Å²) < 4.78 is 25.8. The molecular formula is C12H14ClNO4S. The SMILES string of the molecule is CN(CC1CC1)S(=O)(=O)c1ccc(C(=O)O)c(Cl)c1. The average molecular weight is 304 g/mol. The standard InChI is InChI=1S/C12H14ClNO4S/c1-14(7-8-2-3-8)19(17,18)9-4-5-10(12(15)16)11(13)6-9/h4-6,8H,2-3,7H2,1H3,(H,15,16). The molecule has 0 aromatic heterocycles. The first kappa shape index (κ1) is 14.3. The summed E-state index contributed by atoms with van der Waals surface area (Å²) in [5.74, 6) is -0.742. The van der Waals surface area contributed by atoms with Gasteiger partial charge in [-0.15, -0.1) is 0 Å². The molecule has 0 aliphatic heterocycles. The summed E-state index contributed by atoms with van der Waals surface area (Å²) in [6.45, 7) is 0.487. The van der Waals surface area contributed by atoms with Gasteiger partial charge in [-0.3, -0.25) is 0 Å². The van der Waals surface area contributed by atoms with Crippen molar-refractivity contribution in [2.24, 2.45) is 5.92 Å². The number of benzene rings is 1. The Labute approximate surface area is 116 Å². The van der Waals surface area contributed by atoms with Gasteiger partial charge in [-0.05, 0) is 37.0 Å². The van der Waals surface area contributed by atoms with Gasteiger partial charge < -0.3 is 5.11 Å². The van der Waals surface area contributed by atoms with E-state index in [0.717, 1.165) is 12.8 Å². The van der Waals surface area contributed by atoms with Crippen LogP contribution in [-0.2, 0) is 10.0 Å². The lowest BCUT2D eigenvalue weighted by atomic mass is 10.2. The molecule has 1 aromatic carbocycles. The second-order valence-electron chi connectivity index (χ2n) is 4.68. The minimum atomic E-state index is -3.60. The van der Waals surface area contributed by atoms with Crippen LogP contribution in [0.3, 0.4) is 0 Å². The fourth-order valence-electron chi connectivity index (χ4n) is 1.77. The van der Waals surface area contributed by atoms with Gasteiger partial charge in [0.2, 0.25) is 10.0 Å². The Hall–Kier alpha value is -1.11. The summed E-state index contributed by atoms with van der Waals surface area (Å²) >= 11 is 5.79. The van der Waals surface area contributed by atoms with E-state index in [0.29, 0.717) is 12.5 Å². The maximum absolute atomic E-state index is 12.2. The molecule has 0 spiro atoms. The molecule has 0 amide bonds. The first-order valence-electron chi connectivity index (χ1n) is 5.81. The minimum absolute atomic E-state index is 0.0191. The number of sulfonamides is 1. The van der Waals surface area contributed by atoms with Gasteiger partial charge in [-0.25, -0.2) is 17.5 Å². The molecule has 0 unspecified atom stereocenters. The fraction of sp³-hybridized carbons (Fsp3) is 0.417. The van der Waals surface area contributed by atoms with E-state index in [4.69, 9.17) is 16.7 Å². The number of carboxylic acid groups (broad SMARTS) is 1. The summed E-state index contributed by atoms with van der Waals surface area (Å²) in [4.78, 5) is 10.8. The monoisotopic (exact) mass is 303 g/mol. The number of carbonyl (C=O) groups is 1. The van der Waals surface area contributed by atoms with Crippen molar-refractivity contribution in [2.45, 2.75) is 17.7 Å². The van der Waals surface area contributed by atoms with Crippen LogP contribution >= 0.6 is 11.6 Å². The van der Waals surface area contributed by atoms with Crippen molar-refractivity contribution in [3.63, 3.8) is 0 Å². The summed E-state index contributed by atoms with van der Waals surface area (Å²) in [6.07, 6.45) is 2.11. The smallest absolute Gasteiger partial charge is 0.337 e. The van der Waals surface area contributed by atoms with E-state index >= 15 is 0 Å². The van der Waals surface area contributed by atoms with Crippen molar-refractivity contribution < 1.29 is 18.3 Å². The molecule has 1 saturated carbocycles. The highest BCUT2D eigenvalue weighted by Gasteiger charge is 2.29. The molecule has 0 heterocycles. The van der Waals surface area contributed by atoms with Crippen LogP contribution in [0.25, 0.3) is 0 Å². The van der Waals surface area contributed by atoms with E-state index < -0.39 is 16.0 Å². The van der Waals surface area contributed by atoms with Gasteiger partial charge >= 0.3 is 5.97 Å². The number of nitrogens with zero attached hydrogens (tertiary/aromatic N) is 1. The highest BCUT2D eigenvalue weighted by Crippen LogP contribution is 2.31. The van der Waals surface area contributed by atoms with Crippen LogP contribution in [0.15, 0.2) is 23.1 Å². The highest BCUT2D eigenvalue weighted by atomic mass is 35.5. The Balaban J connectivity index is 2.29. The highest BCUT2D eigenvalue weighted by molar-refractivity contribution is 7.89. The van der Waals surface area contributed by atoms with E-state index in [1.807, 2.05) is 0 Å². The van der Waals surface area contributed by atoms with Crippen LogP contribution in [-0.4, -0.2) is 37.4 Å². The van der Waals surface area contributed by atoms with Gasteiger partial charge in [0.1, 0.15) is 0 Å². The lowest BCUT2D eigenvalue weighted by molar-refractivity contribution is 0.0697. The summed E-state index contributed by atoms with van der Waals surface area (Å²) in [5, 5.41) is 8.78. The third-order valence-corrected chi connectivity index (χ3v) is 5.22. The van der Waals surface area contributed by atoms with Crippen molar-refractivity contribution in [1.29, 1.82) is 0 Å². The summed E-state index contributed by atoms with van der Waals surface area (Å²) in [5.41, 5.74) is -0.106. The predicted molar refractivity (Wildman–Crippen MR) is 71.0 cm³/mol. The predicted octanol–water partition coefficient (Wildman–Crippen LogP) is 2.07. The minimum Gasteiger partial charge on any atom is -0.478 e. The molecule has 1 aliphatic carbocycles. The molecule has 1 fully saturated rings. The molecule has 1 aliphatic rings. The van der Waals surface area contributed by atoms with Crippen LogP contribution in [0.4, 0.5) is 0 Å². The Morgan fingerprint density at radius 3 is 2.58 bits per heavy atom. The molecule has 1 N–H and O–H groups in total. The summed E-state index contributed by atoms with van der Waals surface area (Å²) in [7, 11) is -2.08. The normalized spacial score (nSPS) is 15.7. The van der Waals surface area contributed by atoms with Gasteiger partial charge in [0.25, 0.3) is 0 Å². The number of hydrogen-bond acceptors (Lipinski definition) is 3. The van der Waals surface area contributed by atoms with E-state index in [1.165, 1.54) is 29.6 Å². The molecule has 0 bridgehead atoms. The molecule has 0 atom stereocenters. The molecule has 104 valence electrons. The lowest BCUT2D eigenvalue weighted by Gasteiger charge is -2.17. The summed E-state index contributed by atoms with van der Waals surface area (Å²) in [6, 6.07) is 3.67. The zero-order valence-electron chi connectivity index (χ0n) is 10.3. The molecule has 19 heavy (non-hydrogen) atoms. The maximum Gasteiger partial charge on any atom is 0.337 e. The van der Waals surface area contributed by atoms with E-state index in [9.17, 15) is 13.2 Å². The second kappa shape index (κ2) is 5.11. The molecule has 2 rings (SSSR count). The number of halogens is 1. The first-order valence-corrected chi connectivity index (χ1v) is 7.63. The van der Waals surface area contributed by atoms with Crippen LogP contribution < -0.4 is 0 Å². The van der Waals surface area contributed by atoms with Crippen molar-refractivity contribution >= 4 is 27.6 Å². The number of rotatable bonds is 5. The van der Waals surface area contributed by atoms with Crippen LogP contribution in [0, 0.1) is 5.92 Å². The van der Waals surface area contributed by atoms with Gasteiger partial charge in [0.15, 0.2) is 0 Å². The Kier molecular flexibility index (Phi) is 3.85. The molecule has 7 heteroatoms. The van der Waals surface area contributed by atoms with Crippen molar-refractivity contribution in [2.75, 3.05) is 13.6 Å². The van der Waals surface area contributed by atoms with Crippen molar-refractivity contribution in [3.8, 4) is 0 Å². The van der Waals surface area contributed by atoms with Gasteiger partial charge in [-0.2, -0.15) is 0 Å². The molecule has 5 nitrogen and oxygen atoms in total. The zero-order valence-corrected chi connectivity index (χ0v) is 11.9. The Morgan fingerprint density at radius 2 is 2.11 bits per heavy atom. The third-order valence-electron chi connectivity index (χ3n) is 3.09. The Bertz CT molecular complexity index is 610. The topological polar surface area (TPSA) is 74.7 Å². The van der Waals surface area contributed by atoms with Crippen molar-refractivity contribution in [3.05, 3.63) is 28.8 Å². The van der Waals surface area contributed by atoms with Crippen LogP contribution in [0.1, 0.15) is 23.2 Å². The third kappa shape index (κ3) is 3.08. The number of aromatic carboxylic acids is 1. The number of hydrogen-bond donors (Lipinski definition) is 1. The molecular weight excluding hydrogens is 290 g/mol. The molecule has 0 saturated heterocycles.